The van der Waals surface area contributed by atoms with Crippen LogP contribution in [0.25, 0.3) is 0 Å². The molecule has 2 rings (SSSR count). The van der Waals surface area contributed by atoms with Crippen LogP contribution in [-0.4, -0.2) is 5.11 Å². The van der Waals surface area contributed by atoms with Gasteiger partial charge in [-0.3, -0.25) is 0 Å². The fourth-order valence-corrected chi connectivity index (χ4v) is 2.19. The van der Waals surface area contributed by atoms with E-state index in [9.17, 15) is 0 Å². The number of aliphatic hydroxyl groups excluding tert-OH is 1. The van der Waals surface area contributed by atoms with Crippen LogP contribution in [0.15, 0.2) is 46.9 Å². The van der Waals surface area contributed by atoms with E-state index in [0.29, 0.717) is 18.3 Å². The fourth-order valence-electron chi connectivity index (χ4n) is 2.19. The minimum atomic E-state index is -0.0446. The first kappa shape index (κ1) is 13.8. The van der Waals surface area contributed by atoms with Gasteiger partial charge in [0, 0.05) is 6.04 Å². The summed E-state index contributed by atoms with van der Waals surface area (Å²) in [7, 11) is 0. The molecule has 3 nitrogen and oxygen atoms in total. The molecule has 1 aromatic carbocycles. The quantitative estimate of drug-likeness (QED) is 0.801. The summed E-state index contributed by atoms with van der Waals surface area (Å²) in [5.41, 5.74) is 1.30. The maximum Gasteiger partial charge on any atom is 0.129 e. The Morgan fingerprint density at radius 3 is 2.47 bits per heavy atom. The first-order chi connectivity index (χ1) is 9.33. The van der Waals surface area contributed by atoms with Crippen molar-refractivity contribution in [3.63, 3.8) is 0 Å². The van der Waals surface area contributed by atoms with Crippen molar-refractivity contribution >= 4 is 0 Å². The first-order valence-corrected chi connectivity index (χ1v) is 6.80. The Balaban J connectivity index is 1.97. The molecule has 0 fully saturated rings. The second kappa shape index (κ2) is 7.12. The van der Waals surface area contributed by atoms with E-state index in [4.69, 9.17) is 9.52 Å². The summed E-state index contributed by atoms with van der Waals surface area (Å²) < 4.78 is 5.48. The standard InChI is InChI=1S/C16H21NO2/c1-2-6-16(13-7-4-3-5-8-13)17-11-14-9-10-15(12-18)19-14/h3-5,7-10,16-18H,2,6,11-12H2,1H3. The van der Waals surface area contributed by atoms with Gasteiger partial charge in [-0.1, -0.05) is 43.7 Å². The zero-order chi connectivity index (χ0) is 13.5. The number of nitrogens with one attached hydrogen (secondary N) is 1. The van der Waals surface area contributed by atoms with Gasteiger partial charge >= 0.3 is 0 Å². The number of aliphatic hydroxyl groups is 1. The second-order valence-electron chi connectivity index (χ2n) is 4.66. The minimum absolute atomic E-state index is 0.0446. The van der Waals surface area contributed by atoms with E-state index in [0.717, 1.165) is 18.6 Å². The number of hydrogen-bond donors (Lipinski definition) is 2. The monoisotopic (exact) mass is 259 g/mol. The zero-order valence-electron chi connectivity index (χ0n) is 11.3. The van der Waals surface area contributed by atoms with E-state index in [1.54, 1.807) is 0 Å². The van der Waals surface area contributed by atoms with Crippen molar-refractivity contribution < 1.29 is 9.52 Å². The van der Waals surface area contributed by atoms with Gasteiger partial charge in [-0.2, -0.15) is 0 Å². The first-order valence-electron chi connectivity index (χ1n) is 6.80. The lowest BCUT2D eigenvalue weighted by Crippen LogP contribution is -2.20. The van der Waals surface area contributed by atoms with E-state index in [2.05, 4.69) is 36.5 Å². The second-order valence-corrected chi connectivity index (χ2v) is 4.66. The molecule has 0 saturated carbocycles. The molecule has 3 heteroatoms. The predicted octanol–water partition coefficient (Wildman–Crippen LogP) is 3.40. The lowest BCUT2D eigenvalue weighted by Gasteiger charge is -2.17. The van der Waals surface area contributed by atoms with Gasteiger partial charge in [0.1, 0.15) is 18.1 Å². The predicted molar refractivity (Wildman–Crippen MR) is 75.6 cm³/mol. The summed E-state index contributed by atoms with van der Waals surface area (Å²) in [6, 6.07) is 14.5. The van der Waals surface area contributed by atoms with Crippen LogP contribution in [0.2, 0.25) is 0 Å². The van der Waals surface area contributed by atoms with Gasteiger partial charge in [0.25, 0.3) is 0 Å². The zero-order valence-corrected chi connectivity index (χ0v) is 11.3. The van der Waals surface area contributed by atoms with E-state index >= 15 is 0 Å². The molecular formula is C16H21NO2. The maximum atomic E-state index is 8.98. The largest absolute Gasteiger partial charge is 0.462 e. The summed E-state index contributed by atoms with van der Waals surface area (Å²) in [6.45, 7) is 2.82. The van der Waals surface area contributed by atoms with Crippen molar-refractivity contribution in [1.29, 1.82) is 0 Å². The molecule has 0 amide bonds. The fraction of sp³-hybridized carbons (Fsp3) is 0.375. The molecule has 2 aromatic rings. The molecule has 1 unspecified atom stereocenters. The minimum Gasteiger partial charge on any atom is -0.462 e. The molecule has 0 spiro atoms. The third-order valence-electron chi connectivity index (χ3n) is 3.18. The Hall–Kier alpha value is -1.58. The molecule has 0 saturated heterocycles. The molecule has 0 aliphatic carbocycles. The van der Waals surface area contributed by atoms with Gasteiger partial charge in [-0.25, -0.2) is 0 Å². The average molecular weight is 259 g/mol. The highest BCUT2D eigenvalue weighted by Gasteiger charge is 2.10. The van der Waals surface area contributed by atoms with Crippen molar-refractivity contribution in [1.82, 2.24) is 5.32 Å². The van der Waals surface area contributed by atoms with Crippen LogP contribution >= 0.6 is 0 Å². The highest BCUT2D eigenvalue weighted by Crippen LogP contribution is 2.19. The molecule has 1 heterocycles. The van der Waals surface area contributed by atoms with Crippen molar-refractivity contribution in [2.45, 2.75) is 39.0 Å². The molecule has 19 heavy (non-hydrogen) atoms. The van der Waals surface area contributed by atoms with Gasteiger partial charge in [0.05, 0.1) is 6.54 Å². The van der Waals surface area contributed by atoms with Crippen LogP contribution in [0.3, 0.4) is 0 Å². The van der Waals surface area contributed by atoms with Crippen molar-refractivity contribution in [2.75, 3.05) is 0 Å². The summed E-state index contributed by atoms with van der Waals surface area (Å²) in [4.78, 5) is 0. The van der Waals surface area contributed by atoms with Crippen LogP contribution < -0.4 is 5.32 Å². The third kappa shape index (κ3) is 3.94. The smallest absolute Gasteiger partial charge is 0.129 e. The molecule has 0 radical (unpaired) electrons. The summed E-state index contributed by atoms with van der Waals surface area (Å²) >= 11 is 0. The Kier molecular flexibility index (Phi) is 5.19. The van der Waals surface area contributed by atoms with Crippen LogP contribution in [0, 0.1) is 0 Å². The molecule has 102 valence electrons. The van der Waals surface area contributed by atoms with Crippen molar-refractivity contribution in [3.8, 4) is 0 Å². The maximum absolute atomic E-state index is 8.98. The van der Waals surface area contributed by atoms with Crippen LogP contribution in [0.5, 0.6) is 0 Å². The van der Waals surface area contributed by atoms with Gasteiger partial charge in [-0.15, -0.1) is 0 Å². The van der Waals surface area contributed by atoms with Gasteiger partial charge in [0.2, 0.25) is 0 Å². The normalized spacial score (nSPS) is 12.5. The lowest BCUT2D eigenvalue weighted by atomic mass is 10.0. The third-order valence-corrected chi connectivity index (χ3v) is 3.18. The topological polar surface area (TPSA) is 45.4 Å². The van der Waals surface area contributed by atoms with Crippen molar-refractivity contribution in [2.24, 2.45) is 0 Å². The van der Waals surface area contributed by atoms with E-state index in [1.165, 1.54) is 5.56 Å². The van der Waals surface area contributed by atoms with E-state index in [-0.39, 0.29) is 6.61 Å². The molecule has 1 atom stereocenters. The van der Waals surface area contributed by atoms with Gasteiger partial charge in [0.15, 0.2) is 0 Å². The Morgan fingerprint density at radius 1 is 1.11 bits per heavy atom. The molecule has 2 N–H and O–H groups in total. The number of benzene rings is 1. The Labute approximate surface area is 114 Å². The number of hydrogen-bond acceptors (Lipinski definition) is 3. The lowest BCUT2D eigenvalue weighted by molar-refractivity contribution is 0.242. The van der Waals surface area contributed by atoms with E-state index in [1.807, 2.05) is 18.2 Å². The Morgan fingerprint density at radius 2 is 1.84 bits per heavy atom. The van der Waals surface area contributed by atoms with E-state index < -0.39 is 0 Å². The van der Waals surface area contributed by atoms with Crippen LogP contribution in [0.1, 0.15) is 42.9 Å². The van der Waals surface area contributed by atoms with Crippen LogP contribution in [-0.2, 0) is 13.2 Å². The molecule has 0 bridgehead atoms. The molecule has 1 aromatic heterocycles. The summed E-state index contributed by atoms with van der Waals surface area (Å²) in [5, 5.41) is 12.5. The summed E-state index contributed by atoms with van der Waals surface area (Å²) in [5.74, 6) is 1.48. The molecular weight excluding hydrogens is 238 g/mol. The Bertz CT molecular complexity index is 479. The highest BCUT2D eigenvalue weighted by atomic mass is 16.4. The highest BCUT2D eigenvalue weighted by molar-refractivity contribution is 5.19. The average Bonchev–Trinajstić information content (AvgIpc) is 2.92. The number of furan rings is 1. The number of rotatable bonds is 7. The molecule has 0 aliphatic heterocycles. The van der Waals surface area contributed by atoms with Crippen molar-refractivity contribution in [3.05, 3.63) is 59.5 Å². The van der Waals surface area contributed by atoms with Gasteiger partial charge in [-0.05, 0) is 24.1 Å². The SMILES string of the molecule is CCCC(NCc1ccc(CO)o1)c1ccccc1. The van der Waals surface area contributed by atoms with Crippen LogP contribution in [0.4, 0.5) is 0 Å². The van der Waals surface area contributed by atoms with Gasteiger partial charge < -0.3 is 14.8 Å². The summed E-state index contributed by atoms with van der Waals surface area (Å²) in [6.07, 6.45) is 2.23. The molecule has 0 aliphatic rings.